The summed E-state index contributed by atoms with van der Waals surface area (Å²) in [6.07, 6.45) is 1.83. The van der Waals surface area contributed by atoms with E-state index in [1.165, 1.54) is 0 Å². The fraction of sp³-hybridized carbons (Fsp3) is 0.909. The van der Waals surface area contributed by atoms with Crippen LogP contribution in [0.2, 0.25) is 0 Å². The fourth-order valence-corrected chi connectivity index (χ4v) is 1.70. The number of carbonyl (C=O) groups is 1. The third-order valence-electron chi connectivity index (χ3n) is 2.57. The van der Waals surface area contributed by atoms with Crippen molar-refractivity contribution < 1.29 is 9.53 Å². The average molecular weight is 214 g/mol. The van der Waals surface area contributed by atoms with Crippen LogP contribution >= 0.6 is 0 Å². The number of carbonyl (C=O) groups excluding carboxylic acids is 1. The third-order valence-corrected chi connectivity index (χ3v) is 2.57. The molecule has 1 saturated heterocycles. The van der Waals surface area contributed by atoms with E-state index in [2.05, 4.69) is 5.32 Å². The van der Waals surface area contributed by atoms with Gasteiger partial charge in [0.15, 0.2) is 0 Å². The number of ether oxygens (including phenoxy) is 1. The molecular weight excluding hydrogens is 192 g/mol. The number of nitrogens with two attached hydrogens (primary N) is 1. The molecule has 1 rings (SSSR count). The van der Waals surface area contributed by atoms with Crippen molar-refractivity contribution in [1.82, 2.24) is 5.32 Å². The third kappa shape index (κ3) is 4.62. The van der Waals surface area contributed by atoms with Gasteiger partial charge in [-0.1, -0.05) is 0 Å². The van der Waals surface area contributed by atoms with Gasteiger partial charge < -0.3 is 15.8 Å². The highest BCUT2D eigenvalue weighted by atomic mass is 16.5. The minimum atomic E-state index is -0.341. The Kier molecular flexibility index (Phi) is 4.11. The largest absolute Gasteiger partial charge is 0.378 e. The highest BCUT2D eigenvalue weighted by Crippen LogP contribution is 2.19. The molecule has 0 radical (unpaired) electrons. The number of amides is 1. The molecule has 15 heavy (non-hydrogen) atoms. The van der Waals surface area contributed by atoms with Crippen LogP contribution in [0.1, 0.15) is 33.6 Å². The quantitative estimate of drug-likeness (QED) is 0.725. The topological polar surface area (TPSA) is 64.4 Å². The summed E-state index contributed by atoms with van der Waals surface area (Å²) in [5.74, 6) is 0.208. The maximum absolute atomic E-state index is 11.8. The van der Waals surface area contributed by atoms with Gasteiger partial charge in [-0.25, -0.2) is 0 Å². The highest BCUT2D eigenvalue weighted by molar-refractivity contribution is 5.78. The maximum Gasteiger partial charge on any atom is 0.223 e. The van der Waals surface area contributed by atoms with Crippen LogP contribution < -0.4 is 11.1 Å². The highest BCUT2D eigenvalue weighted by Gasteiger charge is 2.26. The minimum Gasteiger partial charge on any atom is -0.378 e. The summed E-state index contributed by atoms with van der Waals surface area (Å²) in [5.41, 5.74) is 5.46. The molecule has 1 aliphatic rings. The molecule has 3 N–H and O–H groups in total. The van der Waals surface area contributed by atoms with Crippen molar-refractivity contribution in [3.63, 3.8) is 0 Å². The van der Waals surface area contributed by atoms with Crippen LogP contribution in [0.25, 0.3) is 0 Å². The number of hydrogen-bond acceptors (Lipinski definition) is 3. The van der Waals surface area contributed by atoms with Crippen molar-refractivity contribution >= 4 is 5.91 Å². The van der Waals surface area contributed by atoms with Crippen LogP contribution in [0.3, 0.4) is 0 Å². The zero-order valence-corrected chi connectivity index (χ0v) is 9.88. The standard InChI is InChI=1S/C11H22N2O2/c1-8-6-9(4-5-15-8)10(14)13-7-11(2,3)12/h8-9H,4-7,12H2,1-3H3,(H,13,14). The molecule has 88 valence electrons. The molecule has 1 aliphatic heterocycles. The average Bonchev–Trinajstić information content (AvgIpc) is 2.13. The van der Waals surface area contributed by atoms with Crippen molar-refractivity contribution in [2.75, 3.05) is 13.2 Å². The normalized spacial score (nSPS) is 27.5. The summed E-state index contributed by atoms with van der Waals surface area (Å²) in [4.78, 5) is 11.8. The van der Waals surface area contributed by atoms with E-state index >= 15 is 0 Å². The van der Waals surface area contributed by atoms with Gasteiger partial charge in [0.25, 0.3) is 0 Å². The molecule has 2 unspecified atom stereocenters. The molecule has 0 aliphatic carbocycles. The van der Waals surface area contributed by atoms with Gasteiger partial charge in [0.05, 0.1) is 6.10 Å². The van der Waals surface area contributed by atoms with Gasteiger partial charge in [-0.2, -0.15) is 0 Å². The fourth-order valence-electron chi connectivity index (χ4n) is 1.70. The Labute approximate surface area is 91.5 Å². The molecule has 2 atom stereocenters. The van der Waals surface area contributed by atoms with Crippen LogP contribution in [0.4, 0.5) is 0 Å². The summed E-state index contributed by atoms with van der Waals surface area (Å²) in [6.45, 7) is 7.02. The zero-order chi connectivity index (χ0) is 11.5. The van der Waals surface area contributed by atoms with Gasteiger partial charge in [0.1, 0.15) is 0 Å². The Balaban J connectivity index is 2.33. The van der Waals surface area contributed by atoms with E-state index in [-0.39, 0.29) is 23.5 Å². The van der Waals surface area contributed by atoms with E-state index in [1.807, 2.05) is 20.8 Å². The van der Waals surface area contributed by atoms with E-state index in [0.717, 1.165) is 12.8 Å². The molecule has 0 aromatic heterocycles. The Morgan fingerprint density at radius 3 is 2.80 bits per heavy atom. The van der Waals surface area contributed by atoms with Crippen molar-refractivity contribution in [3.05, 3.63) is 0 Å². The molecule has 1 fully saturated rings. The first-order valence-corrected chi connectivity index (χ1v) is 5.57. The first-order chi connectivity index (χ1) is 6.88. The summed E-state index contributed by atoms with van der Waals surface area (Å²) in [5, 5.41) is 2.89. The second-order valence-corrected chi connectivity index (χ2v) is 5.11. The molecule has 0 aromatic carbocycles. The molecule has 0 aromatic rings. The molecule has 0 spiro atoms. The van der Waals surface area contributed by atoms with Gasteiger partial charge in [0.2, 0.25) is 5.91 Å². The van der Waals surface area contributed by atoms with Gasteiger partial charge in [0, 0.05) is 24.6 Å². The van der Waals surface area contributed by atoms with Crippen LogP contribution in [0.15, 0.2) is 0 Å². The Hall–Kier alpha value is -0.610. The second kappa shape index (κ2) is 4.94. The molecule has 0 bridgehead atoms. The van der Waals surface area contributed by atoms with Crippen LogP contribution in [-0.2, 0) is 9.53 Å². The lowest BCUT2D eigenvalue weighted by Gasteiger charge is -2.27. The van der Waals surface area contributed by atoms with Crippen molar-refractivity contribution in [3.8, 4) is 0 Å². The van der Waals surface area contributed by atoms with E-state index < -0.39 is 0 Å². The number of nitrogens with one attached hydrogen (secondary N) is 1. The molecule has 0 saturated carbocycles. The van der Waals surface area contributed by atoms with Gasteiger partial charge in [-0.15, -0.1) is 0 Å². The summed E-state index contributed by atoms with van der Waals surface area (Å²) in [6, 6.07) is 0. The van der Waals surface area contributed by atoms with E-state index in [1.54, 1.807) is 0 Å². The molecule has 4 heteroatoms. The predicted molar refractivity (Wildman–Crippen MR) is 59.4 cm³/mol. The Morgan fingerprint density at radius 2 is 2.27 bits per heavy atom. The van der Waals surface area contributed by atoms with Crippen LogP contribution in [0.5, 0.6) is 0 Å². The predicted octanol–water partition coefficient (Wildman–Crippen LogP) is 0.655. The smallest absolute Gasteiger partial charge is 0.223 e. The molecule has 1 amide bonds. The maximum atomic E-state index is 11.8. The van der Waals surface area contributed by atoms with Crippen LogP contribution in [-0.4, -0.2) is 30.7 Å². The number of hydrogen-bond donors (Lipinski definition) is 2. The van der Waals surface area contributed by atoms with E-state index in [4.69, 9.17) is 10.5 Å². The van der Waals surface area contributed by atoms with E-state index in [9.17, 15) is 4.79 Å². The second-order valence-electron chi connectivity index (χ2n) is 5.11. The number of rotatable bonds is 3. The molecular formula is C11H22N2O2. The van der Waals surface area contributed by atoms with E-state index in [0.29, 0.717) is 13.2 Å². The van der Waals surface area contributed by atoms with Gasteiger partial charge in [-0.05, 0) is 33.6 Å². The lowest BCUT2D eigenvalue weighted by atomic mass is 9.95. The van der Waals surface area contributed by atoms with Crippen molar-refractivity contribution in [2.24, 2.45) is 11.7 Å². The SMILES string of the molecule is CC1CC(C(=O)NCC(C)(C)N)CCO1. The molecule has 1 heterocycles. The van der Waals surface area contributed by atoms with Crippen molar-refractivity contribution in [2.45, 2.75) is 45.3 Å². The summed E-state index contributed by atoms with van der Waals surface area (Å²) < 4.78 is 5.40. The van der Waals surface area contributed by atoms with Crippen molar-refractivity contribution in [1.29, 1.82) is 0 Å². The lowest BCUT2D eigenvalue weighted by Crippen LogP contribution is -2.47. The van der Waals surface area contributed by atoms with Crippen LogP contribution in [0, 0.1) is 5.92 Å². The lowest BCUT2D eigenvalue weighted by molar-refractivity contribution is -0.129. The van der Waals surface area contributed by atoms with Gasteiger partial charge >= 0.3 is 0 Å². The first-order valence-electron chi connectivity index (χ1n) is 5.57. The summed E-state index contributed by atoms with van der Waals surface area (Å²) >= 11 is 0. The Morgan fingerprint density at radius 1 is 1.60 bits per heavy atom. The summed E-state index contributed by atoms with van der Waals surface area (Å²) in [7, 11) is 0. The first kappa shape index (κ1) is 12.5. The zero-order valence-electron chi connectivity index (χ0n) is 9.88. The minimum absolute atomic E-state index is 0.0936. The Bertz CT molecular complexity index is 223. The molecule has 4 nitrogen and oxygen atoms in total. The monoisotopic (exact) mass is 214 g/mol. The van der Waals surface area contributed by atoms with Gasteiger partial charge in [-0.3, -0.25) is 4.79 Å².